The molecule has 0 saturated carbocycles. The Morgan fingerprint density at radius 1 is 1.29 bits per heavy atom. The van der Waals surface area contributed by atoms with Crippen LogP contribution in [-0.2, 0) is 11.2 Å². The van der Waals surface area contributed by atoms with E-state index in [2.05, 4.69) is 19.1 Å². The first-order valence-corrected chi connectivity index (χ1v) is 7.86. The van der Waals surface area contributed by atoms with Crippen LogP contribution in [0.4, 0.5) is 0 Å². The SMILES string of the molecule is CCC(N)Cc1ccc(OC)c(OCC2CCOCC2)c1. The fourth-order valence-corrected chi connectivity index (χ4v) is 2.53. The summed E-state index contributed by atoms with van der Waals surface area (Å²) in [6.45, 7) is 4.52. The van der Waals surface area contributed by atoms with Crippen molar-refractivity contribution in [3.8, 4) is 11.5 Å². The maximum absolute atomic E-state index is 6.03. The summed E-state index contributed by atoms with van der Waals surface area (Å²) in [6.07, 6.45) is 3.99. The molecule has 0 aliphatic carbocycles. The molecule has 21 heavy (non-hydrogen) atoms. The van der Waals surface area contributed by atoms with Crippen LogP contribution in [0, 0.1) is 5.92 Å². The minimum absolute atomic E-state index is 0.196. The third kappa shape index (κ3) is 4.90. The molecule has 0 amide bonds. The molecule has 1 heterocycles. The highest BCUT2D eigenvalue weighted by molar-refractivity contribution is 5.43. The Labute approximate surface area is 127 Å². The van der Waals surface area contributed by atoms with Crippen LogP contribution in [0.25, 0.3) is 0 Å². The molecule has 1 unspecified atom stereocenters. The lowest BCUT2D eigenvalue weighted by Gasteiger charge is -2.23. The quantitative estimate of drug-likeness (QED) is 0.840. The Hall–Kier alpha value is -1.26. The van der Waals surface area contributed by atoms with Gasteiger partial charge in [0.2, 0.25) is 0 Å². The molecule has 1 aromatic rings. The molecular formula is C17H27NO3. The lowest BCUT2D eigenvalue weighted by atomic mass is 10.0. The first-order valence-electron chi connectivity index (χ1n) is 7.86. The molecule has 1 fully saturated rings. The number of nitrogens with two attached hydrogens (primary N) is 1. The van der Waals surface area contributed by atoms with Gasteiger partial charge in [-0.05, 0) is 49.3 Å². The van der Waals surface area contributed by atoms with Crippen LogP contribution in [0.15, 0.2) is 18.2 Å². The third-order valence-electron chi connectivity index (χ3n) is 4.07. The van der Waals surface area contributed by atoms with E-state index in [9.17, 15) is 0 Å². The lowest BCUT2D eigenvalue weighted by molar-refractivity contribution is 0.0493. The van der Waals surface area contributed by atoms with Crippen molar-refractivity contribution in [2.24, 2.45) is 11.7 Å². The first-order chi connectivity index (χ1) is 10.2. The van der Waals surface area contributed by atoms with Crippen molar-refractivity contribution in [3.63, 3.8) is 0 Å². The minimum atomic E-state index is 0.196. The van der Waals surface area contributed by atoms with Crippen molar-refractivity contribution in [1.82, 2.24) is 0 Å². The van der Waals surface area contributed by atoms with E-state index >= 15 is 0 Å². The Kier molecular flexibility index (Phi) is 6.33. The summed E-state index contributed by atoms with van der Waals surface area (Å²) in [5.41, 5.74) is 7.23. The Bertz CT molecular complexity index is 430. The highest BCUT2D eigenvalue weighted by Crippen LogP contribution is 2.29. The molecule has 1 aromatic carbocycles. The van der Waals surface area contributed by atoms with Crippen LogP contribution in [-0.4, -0.2) is 33.0 Å². The molecule has 4 nitrogen and oxygen atoms in total. The van der Waals surface area contributed by atoms with Crippen LogP contribution in [0.2, 0.25) is 0 Å². The average molecular weight is 293 g/mol. The zero-order chi connectivity index (χ0) is 15.1. The van der Waals surface area contributed by atoms with E-state index in [0.717, 1.165) is 57.0 Å². The second-order valence-electron chi connectivity index (χ2n) is 5.72. The normalized spacial score (nSPS) is 17.5. The Morgan fingerprint density at radius 2 is 2.05 bits per heavy atom. The standard InChI is InChI=1S/C17H27NO3/c1-3-15(18)10-14-4-5-16(19-2)17(11-14)21-12-13-6-8-20-9-7-13/h4-5,11,13,15H,3,6-10,12,18H2,1-2H3. The summed E-state index contributed by atoms with van der Waals surface area (Å²) in [7, 11) is 1.67. The third-order valence-corrected chi connectivity index (χ3v) is 4.07. The molecule has 0 aromatic heterocycles. The predicted molar refractivity (Wildman–Crippen MR) is 84.0 cm³/mol. The Balaban J connectivity index is 1.99. The summed E-state index contributed by atoms with van der Waals surface area (Å²) in [4.78, 5) is 0. The van der Waals surface area contributed by atoms with Crippen molar-refractivity contribution in [2.45, 2.75) is 38.6 Å². The molecule has 2 N–H and O–H groups in total. The van der Waals surface area contributed by atoms with E-state index in [1.807, 2.05) is 6.07 Å². The number of ether oxygens (including phenoxy) is 3. The molecule has 118 valence electrons. The van der Waals surface area contributed by atoms with Gasteiger partial charge in [0.15, 0.2) is 11.5 Å². The van der Waals surface area contributed by atoms with Crippen molar-refractivity contribution in [3.05, 3.63) is 23.8 Å². The molecule has 0 radical (unpaired) electrons. The van der Waals surface area contributed by atoms with Gasteiger partial charge in [-0.3, -0.25) is 0 Å². The van der Waals surface area contributed by atoms with Gasteiger partial charge in [-0.2, -0.15) is 0 Å². The van der Waals surface area contributed by atoms with Crippen LogP contribution in [0.1, 0.15) is 31.7 Å². The largest absolute Gasteiger partial charge is 0.493 e. The zero-order valence-corrected chi connectivity index (χ0v) is 13.1. The number of hydrogen-bond acceptors (Lipinski definition) is 4. The van der Waals surface area contributed by atoms with Gasteiger partial charge >= 0.3 is 0 Å². The molecule has 1 aliphatic rings. The van der Waals surface area contributed by atoms with Crippen LogP contribution >= 0.6 is 0 Å². The van der Waals surface area contributed by atoms with Crippen molar-refractivity contribution in [2.75, 3.05) is 26.9 Å². The summed E-state index contributed by atoms with van der Waals surface area (Å²) in [5.74, 6) is 2.19. The second-order valence-corrected chi connectivity index (χ2v) is 5.72. The van der Waals surface area contributed by atoms with Crippen molar-refractivity contribution < 1.29 is 14.2 Å². The number of hydrogen-bond donors (Lipinski definition) is 1. The molecule has 0 bridgehead atoms. The zero-order valence-electron chi connectivity index (χ0n) is 13.1. The van der Waals surface area contributed by atoms with Crippen LogP contribution in [0.5, 0.6) is 11.5 Å². The monoisotopic (exact) mass is 293 g/mol. The summed E-state index contributed by atoms with van der Waals surface area (Å²) in [6, 6.07) is 6.29. The van der Waals surface area contributed by atoms with Gasteiger partial charge in [0.05, 0.1) is 13.7 Å². The minimum Gasteiger partial charge on any atom is -0.493 e. The van der Waals surface area contributed by atoms with E-state index in [1.165, 1.54) is 5.56 Å². The molecule has 4 heteroatoms. The molecule has 1 saturated heterocycles. The smallest absolute Gasteiger partial charge is 0.161 e. The Morgan fingerprint density at radius 3 is 2.71 bits per heavy atom. The molecule has 1 aliphatic heterocycles. The topological polar surface area (TPSA) is 53.7 Å². The average Bonchev–Trinajstić information content (AvgIpc) is 2.54. The lowest BCUT2D eigenvalue weighted by Crippen LogP contribution is -2.22. The number of benzene rings is 1. The summed E-state index contributed by atoms with van der Waals surface area (Å²) in [5, 5.41) is 0. The predicted octanol–water partition coefficient (Wildman–Crippen LogP) is 2.78. The second kappa shape index (κ2) is 8.25. The van der Waals surface area contributed by atoms with Crippen molar-refractivity contribution >= 4 is 0 Å². The van der Waals surface area contributed by atoms with Gasteiger partial charge in [-0.25, -0.2) is 0 Å². The summed E-state index contributed by atoms with van der Waals surface area (Å²) >= 11 is 0. The molecule has 1 atom stereocenters. The van der Waals surface area contributed by atoms with E-state index in [4.69, 9.17) is 19.9 Å². The van der Waals surface area contributed by atoms with Crippen LogP contribution in [0.3, 0.4) is 0 Å². The van der Waals surface area contributed by atoms with Gasteiger partial charge in [0.1, 0.15) is 0 Å². The highest BCUT2D eigenvalue weighted by atomic mass is 16.5. The van der Waals surface area contributed by atoms with Crippen molar-refractivity contribution in [1.29, 1.82) is 0 Å². The maximum atomic E-state index is 6.03. The van der Waals surface area contributed by atoms with Gasteiger partial charge < -0.3 is 19.9 Å². The maximum Gasteiger partial charge on any atom is 0.161 e. The van der Waals surface area contributed by atoms with E-state index in [-0.39, 0.29) is 6.04 Å². The van der Waals surface area contributed by atoms with E-state index in [0.29, 0.717) is 5.92 Å². The van der Waals surface area contributed by atoms with Crippen LogP contribution < -0.4 is 15.2 Å². The molecule has 2 rings (SSSR count). The fraction of sp³-hybridized carbons (Fsp3) is 0.647. The number of rotatable bonds is 7. The fourth-order valence-electron chi connectivity index (χ4n) is 2.53. The molecular weight excluding hydrogens is 266 g/mol. The molecule has 0 spiro atoms. The summed E-state index contributed by atoms with van der Waals surface area (Å²) < 4.78 is 16.8. The van der Waals surface area contributed by atoms with Gasteiger partial charge in [-0.15, -0.1) is 0 Å². The van der Waals surface area contributed by atoms with Gasteiger partial charge in [0, 0.05) is 19.3 Å². The van der Waals surface area contributed by atoms with Gasteiger partial charge in [0.25, 0.3) is 0 Å². The number of methoxy groups -OCH3 is 1. The van der Waals surface area contributed by atoms with E-state index < -0.39 is 0 Å². The van der Waals surface area contributed by atoms with E-state index in [1.54, 1.807) is 7.11 Å². The van der Waals surface area contributed by atoms with Gasteiger partial charge in [-0.1, -0.05) is 13.0 Å². The first kappa shape index (κ1) is 16.1. The highest BCUT2D eigenvalue weighted by Gasteiger charge is 2.16.